The van der Waals surface area contributed by atoms with Gasteiger partial charge in [0.15, 0.2) is 0 Å². The highest BCUT2D eigenvalue weighted by molar-refractivity contribution is 7.92. The molecule has 0 aromatic heterocycles. The molecule has 0 fully saturated rings. The van der Waals surface area contributed by atoms with Crippen molar-refractivity contribution in [2.45, 2.75) is 32.6 Å². The Labute approximate surface area is 210 Å². The van der Waals surface area contributed by atoms with E-state index in [1.807, 2.05) is 26.8 Å². The smallest absolute Gasteiger partial charge is 0.339 e. The molecule has 0 saturated heterocycles. The second-order valence-electron chi connectivity index (χ2n) is 8.06. The fraction of sp³-hybridized carbons (Fsp3) is 0.231. The molecule has 0 saturated carbocycles. The molecule has 0 bridgehead atoms. The quantitative estimate of drug-likeness (QED) is 0.413. The first-order valence-electron chi connectivity index (χ1n) is 11.0. The highest BCUT2D eigenvalue weighted by atomic mass is 35.5. The van der Waals surface area contributed by atoms with E-state index in [-0.39, 0.29) is 27.8 Å². The van der Waals surface area contributed by atoms with Crippen LogP contribution in [-0.4, -0.2) is 33.4 Å². The van der Waals surface area contributed by atoms with Gasteiger partial charge in [0, 0.05) is 5.69 Å². The number of sulfonamides is 1. The van der Waals surface area contributed by atoms with Gasteiger partial charge in [0.25, 0.3) is 10.0 Å². The zero-order chi connectivity index (χ0) is 25.8. The van der Waals surface area contributed by atoms with E-state index in [0.717, 1.165) is 21.0 Å². The number of nitrogens with one attached hydrogen (secondary N) is 1. The number of benzene rings is 3. The summed E-state index contributed by atoms with van der Waals surface area (Å²) in [5.41, 5.74) is 3.56. The zero-order valence-corrected chi connectivity index (χ0v) is 21.5. The van der Waals surface area contributed by atoms with Gasteiger partial charge in [-0.25, -0.2) is 13.2 Å². The predicted molar refractivity (Wildman–Crippen MR) is 138 cm³/mol. The molecule has 1 N–H and O–H groups in total. The minimum Gasteiger partial charge on any atom is -0.462 e. The van der Waals surface area contributed by atoms with Crippen LogP contribution in [0.5, 0.6) is 0 Å². The van der Waals surface area contributed by atoms with Crippen molar-refractivity contribution in [2.75, 3.05) is 22.8 Å². The number of halogens is 1. The Balaban J connectivity index is 1.94. The molecule has 0 heterocycles. The van der Waals surface area contributed by atoms with Crippen molar-refractivity contribution in [1.82, 2.24) is 0 Å². The maximum absolute atomic E-state index is 13.6. The first-order chi connectivity index (χ1) is 16.5. The molecule has 184 valence electrons. The van der Waals surface area contributed by atoms with E-state index in [0.29, 0.717) is 5.69 Å². The number of aryl methyl sites for hydroxylation is 3. The van der Waals surface area contributed by atoms with Gasteiger partial charge >= 0.3 is 5.97 Å². The predicted octanol–water partition coefficient (Wildman–Crippen LogP) is 5.28. The second-order valence-corrected chi connectivity index (χ2v) is 10.3. The fourth-order valence-corrected chi connectivity index (χ4v) is 4.94. The lowest BCUT2D eigenvalue weighted by atomic mass is 10.1. The Morgan fingerprint density at radius 3 is 2.26 bits per heavy atom. The van der Waals surface area contributed by atoms with Crippen molar-refractivity contribution in [3.63, 3.8) is 0 Å². The van der Waals surface area contributed by atoms with E-state index in [1.54, 1.807) is 31.2 Å². The van der Waals surface area contributed by atoms with Crippen molar-refractivity contribution >= 4 is 44.9 Å². The van der Waals surface area contributed by atoms with Gasteiger partial charge in [-0.2, -0.15) is 0 Å². The summed E-state index contributed by atoms with van der Waals surface area (Å²) >= 11 is 6.09. The van der Waals surface area contributed by atoms with Crippen LogP contribution in [0, 0.1) is 20.8 Å². The van der Waals surface area contributed by atoms with Crippen LogP contribution in [-0.2, 0) is 19.6 Å². The molecule has 0 atom stereocenters. The topological polar surface area (TPSA) is 92.8 Å². The van der Waals surface area contributed by atoms with E-state index in [4.69, 9.17) is 16.3 Å². The number of hydrogen-bond acceptors (Lipinski definition) is 5. The van der Waals surface area contributed by atoms with Crippen LogP contribution in [0.25, 0.3) is 0 Å². The van der Waals surface area contributed by atoms with Crippen molar-refractivity contribution < 1.29 is 22.7 Å². The number of ether oxygens (including phenoxy) is 1. The third-order valence-corrected chi connectivity index (χ3v) is 7.54. The lowest BCUT2D eigenvalue weighted by Crippen LogP contribution is -2.38. The molecule has 0 aliphatic rings. The molecule has 7 nitrogen and oxygen atoms in total. The summed E-state index contributed by atoms with van der Waals surface area (Å²) in [5.74, 6) is -1.21. The van der Waals surface area contributed by atoms with Gasteiger partial charge in [0.05, 0.1) is 27.8 Å². The number of amides is 1. The van der Waals surface area contributed by atoms with Gasteiger partial charge < -0.3 is 10.1 Å². The Morgan fingerprint density at radius 2 is 1.63 bits per heavy atom. The van der Waals surface area contributed by atoms with Gasteiger partial charge in [-0.3, -0.25) is 9.10 Å². The minimum atomic E-state index is -4.05. The third-order valence-electron chi connectivity index (χ3n) is 5.42. The number of carbonyl (C=O) groups is 2. The Bertz CT molecular complexity index is 1350. The first-order valence-corrected chi connectivity index (χ1v) is 12.8. The monoisotopic (exact) mass is 514 g/mol. The molecule has 0 aliphatic heterocycles. The SMILES string of the molecule is CCOC(=O)c1cc(NC(=O)CN(c2ccc(C)c(C)c2)S(=O)(=O)c2ccc(C)cc2)ccc1Cl. The van der Waals surface area contributed by atoms with Gasteiger partial charge in [-0.1, -0.05) is 35.4 Å². The molecule has 0 spiro atoms. The third kappa shape index (κ3) is 6.21. The highest BCUT2D eigenvalue weighted by Gasteiger charge is 2.27. The number of anilines is 2. The minimum absolute atomic E-state index is 0.0743. The average Bonchev–Trinajstić information content (AvgIpc) is 2.81. The number of hydrogen-bond donors (Lipinski definition) is 1. The molecule has 0 aliphatic carbocycles. The number of carbonyl (C=O) groups excluding carboxylic acids is 2. The molecular formula is C26H27ClN2O5S. The van der Waals surface area contributed by atoms with Crippen LogP contribution in [0.2, 0.25) is 5.02 Å². The molecule has 0 unspecified atom stereocenters. The average molecular weight is 515 g/mol. The number of rotatable bonds is 8. The summed E-state index contributed by atoms with van der Waals surface area (Å²) in [4.78, 5) is 25.2. The fourth-order valence-electron chi connectivity index (χ4n) is 3.33. The lowest BCUT2D eigenvalue weighted by Gasteiger charge is -2.25. The van der Waals surface area contributed by atoms with Crippen LogP contribution in [0.1, 0.15) is 34.0 Å². The maximum atomic E-state index is 13.6. The van der Waals surface area contributed by atoms with Gasteiger partial charge in [0.1, 0.15) is 6.54 Å². The Morgan fingerprint density at radius 1 is 0.943 bits per heavy atom. The molecule has 3 aromatic carbocycles. The summed E-state index contributed by atoms with van der Waals surface area (Å²) in [6.45, 7) is 7.03. The van der Waals surface area contributed by atoms with Crippen molar-refractivity contribution in [3.05, 3.63) is 87.9 Å². The van der Waals surface area contributed by atoms with Crippen LogP contribution < -0.4 is 9.62 Å². The van der Waals surface area contributed by atoms with Crippen molar-refractivity contribution in [1.29, 1.82) is 0 Å². The van der Waals surface area contributed by atoms with E-state index in [2.05, 4.69) is 5.32 Å². The summed E-state index contributed by atoms with van der Waals surface area (Å²) < 4.78 is 33.2. The molecule has 3 rings (SSSR count). The summed E-state index contributed by atoms with van der Waals surface area (Å²) in [6, 6.07) is 16.0. The summed E-state index contributed by atoms with van der Waals surface area (Å²) in [6.07, 6.45) is 0. The highest BCUT2D eigenvalue weighted by Crippen LogP contribution is 2.27. The van der Waals surface area contributed by atoms with Gasteiger partial charge in [0.2, 0.25) is 5.91 Å². The molecule has 9 heteroatoms. The van der Waals surface area contributed by atoms with Crippen LogP contribution in [0.15, 0.2) is 65.6 Å². The van der Waals surface area contributed by atoms with Crippen LogP contribution >= 0.6 is 11.6 Å². The van der Waals surface area contributed by atoms with E-state index < -0.39 is 28.4 Å². The lowest BCUT2D eigenvalue weighted by molar-refractivity contribution is -0.114. The number of esters is 1. The molecular weight excluding hydrogens is 488 g/mol. The van der Waals surface area contributed by atoms with Crippen LogP contribution in [0.4, 0.5) is 11.4 Å². The normalized spacial score (nSPS) is 11.1. The molecule has 3 aromatic rings. The first kappa shape index (κ1) is 26.2. The molecule has 0 radical (unpaired) electrons. The Hall–Kier alpha value is -3.36. The van der Waals surface area contributed by atoms with Crippen molar-refractivity contribution in [2.24, 2.45) is 0 Å². The standard InChI is InChI=1S/C26H27ClN2O5S/c1-5-34-26(31)23-15-20(9-13-24(23)27)28-25(30)16-29(21-10-8-18(3)19(4)14-21)35(32,33)22-11-6-17(2)7-12-22/h6-15H,5,16H2,1-4H3,(H,28,30). The summed E-state index contributed by atoms with van der Waals surface area (Å²) in [5, 5.41) is 2.83. The summed E-state index contributed by atoms with van der Waals surface area (Å²) in [7, 11) is -4.05. The van der Waals surface area contributed by atoms with Gasteiger partial charge in [-0.05, 0) is 81.3 Å². The van der Waals surface area contributed by atoms with E-state index in [1.165, 1.54) is 30.3 Å². The molecule has 35 heavy (non-hydrogen) atoms. The Kier molecular flexibility index (Phi) is 8.19. The second kappa shape index (κ2) is 10.9. The van der Waals surface area contributed by atoms with Crippen LogP contribution in [0.3, 0.4) is 0 Å². The zero-order valence-electron chi connectivity index (χ0n) is 20.0. The molecule has 1 amide bonds. The van der Waals surface area contributed by atoms with Crippen molar-refractivity contribution in [3.8, 4) is 0 Å². The number of nitrogens with zero attached hydrogens (tertiary/aromatic N) is 1. The van der Waals surface area contributed by atoms with E-state index in [9.17, 15) is 18.0 Å². The van der Waals surface area contributed by atoms with E-state index >= 15 is 0 Å². The van der Waals surface area contributed by atoms with Gasteiger partial charge in [-0.15, -0.1) is 0 Å². The maximum Gasteiger partial charge on any atom is 0.339 e. The largest absolute Gasteiger partial charge is 0.462 e.